The van der Waals surface area contributed by atoms with E-state index in [1.54, 1.807) is 36.4 Å². The number of carboxylic acid groups (broad SMARTS) is 2. The number of hydrogen-bond donors (Lipinski definition) is 11. The van der Waals surface area contributed by atoms with Crippen LogP contribution in [0.15, 0.2) is 90.3 Å². The van der Waals surface area contributed by atoms with Crippen molar-refractivity contribution in [1.29, 1.82) is 0 Å². The van der Waals surface area contributed by atoms with Crippen LogP contribution in [0.25, 0.3) is 6.08 Å². The number of hydrogen-bond acceptors (Lipinski definition) is 27. The van der Waals surface area contributed by atoms with Crippen molar-refractivity contribution in [3.8, 4) is 57.5 Å². The Kier molecular flexibility index (Phi) is 34.9. The van der Waals surface area contributed by atoms with Crippen LogP contribution in [0.1, 0.15) is 36.6 Å². The van der Waals surface area contributed by atoms with Crippen molar-refractivity contribution >= 4 is 87.7 Å². The van der Waals surface area contributed by atoms with Gasteiger partial charge < -0.3 is 101 Å². The molecule has 0 spiro atoms. The van der Waals surface area contributed by atoms with Gasteiger partial charge in [-0.15, -0.1) is 0 Å². The zero-order valence-electron chi connectivity index (χ0n) is 51.9. The third-order valence-corrected chi connectivity index (χ3v) is 17.6. The van der Waals surface area contributed by atoms with Gasteiger partial charge in [0.2, 0.25) is 0 Å². The Balaban J connectivity index is 0.000000595. The average molecular weight is 1470 g/mol. The minimum absolute atomic E-state index is 0.0395. The second kappa shape index (κ2) is 38.8. The maximum Gasteiger partial charge on any atom is 0.365 e. The van der Waals surface area contributed by atoms with Gasteiger partial charge in [0.1, 0.15) is 122 Å². The molecule has 0 aliphatic carbocycles. The van der Waals surface area contributed by atoms with Crippen molar-refractivity contribution in [2.24, 2.45) is 0 Å². The van der Waals surface area contributed by atoms with E-state index in [0.717, 1.165) is 20.3 Å². The smallest absolute Gasteiger partial charge is 0.365 e. The van der Waals surface area contributed by atoms with Gasteiger partial charge in [0, 0.05) is 25.8 Å². The monoisotopic (exact) mass is 1470 g/mol. The molecule has 42 heteroatoms. The first kappa shape index (κ1) is 85.4. The van der Waals surface area contributed by atoms with Crippen LogP contribution in [0, 0.1) is 0 Å². The number of aliphatic hydroxyl groups excluding tert-OH is 2. The Hall–Kier alpha value is -7.65. The maximum absolute atomic E-state index is 12.5. The topological polar surface area (TPSA) is 547 Å². The molecule has 0 amide bonds. The standard InChI is InChI=1S/C12H16O6S.2C11H15O7P.C10H14O9S2.C9H11O7P/c1-3-9-5-4-6-11(17-2)12(9)18-7-10(13)8-19(14,15)16;1-15-7-5-6-8(16-2)10(9(7)11(12)13)19(14,17-3)18-4;1-16-8-3-4-10(17-2)9(7-8)11(12)18-5-6-19(13,14)15;1-18-8-2-3-9(10(4-8)21(15,16)17)19-5-7(11)6-20(12,13)14;1-15-5-3-4-6(16-2)8(17(12,13)14)7(5)9(10)11/h3-6,10,13H,1,7-8H2,2H3,(H,14,15,16);5-6H,1-4H3,(H,12,13);3-4,7H,5-6H2,1-2H3,(H2,13,14,15);2-4,7,11H,5-6H2,1H3,(H,12,13,14)(H,15,16,17);3-4H,1-2H3,(H,10,11)(H2,12,13,14). The molecular formula is C53H71O36P3S3. The predicted molar refractivity (Wildman–Crippen MR) is 334 cm³/mol. The van der Waals surface area contributed by atoms with Gasteiger partial charge in [-0.3, -0.25) is 27.4 Å². The summed E-state index contributed by atoms with van der Waals surface area (Å²) in [5.74, 6) is -4.13. The van der Waals surface area contributed by atoms with E-state index in [1.165, 1.54) is 99.3 Å². The van der Waals surface area contributed by atoms with Crippen molar-refractivity contribution in [1.82, 2.24) is 0 Å². The van der Waals surface area contributed by atoms with Crippen LogP contribution in [0.2, 0.25) is 0 Å². The van der Waals surface area contributed by atoms with Gasteiger partial charge in [-0.2, -0.15) is 25.3 Å². The number of carbonyl (C=O) groups is 3. The number of rotatable bonds is 30. The highest BCUT2D eigenvalue weighted by Gasteiger charge is 2.37. The van der Waals surface area contributed by atoms with Crippen LogP contribution in [0.3, 0.4) is 0 Å². The van der Waals surface area contributed by atoms with Gasteiger partial charge in [0.25, 0.3) is 30.4 Å². The molecule has 0 heterocycles. The second-order valence-electron chi connectivity index (χ2n) is 17.8. The number of carboxylic acids is 2. The third kappa shape index (κ3) is 28.3. The average Bonchev–Trinajstić information content (AvgIpc) is 0.783. The summed E-state index contributed by atoms with van der Waals surface area (Å²) in [5, 5.41) is 36.2. The number of methoxy groups -OCH3 is 8. The second-order valence-corrected chi connectivity index (χ2v) is 27.7. The molecule has 0 bridgehead atoms. The van der Waals surface area contributed by atoms with Gasteiger partial charge in [0.15, 0.2) is 11.5 Å². The number of esters is 1. The van der Waals surface area contributed by atoms with Gasteiger partial charge in [-0.25, -0.2) is 14.4 Å². The SMILES string of the molecule is C=Cc1cccc(OC)c1OCC(O)CS(=O)(=O)O.COc1ccc(OC)c(C(=O)OCCP(=O)(O)O)c1.COc1ccc(OC)c(P(=O)(O)O)c1C(=O)O.COc1ccc(OC)c(P(=O)(OC)OC)c1C(=O)O.COc1ccc(OCC(O)CS(=O)(=O)O)c(S(=O)(=O)O)c1. The molecule has 36 nitrogen and oxygen atoms in total. The van der Waals surface area contributed by atoms with Gasteiger partial charge >= 0.3 is 40.7 Å². The van der Waals surface area contributed by atoms with Crippen molar-refractivity contribution in [3.63, 3.8) is 0 Å². The summed E-state index contributed by atoms with van der Waals surface area (Å²) < 4.78 is 190. The Bertz CT molecular complexity index is 3900. The summed E-state index contributed by atoms with van der Waals surface area (Å²) in [6.07, 6.45) is -1.88. The van der Waals surface area contributed by atoms with Crippen LogP contribution >= 0.6 is 22.8 Å². The summed E-state index contributed by atoms with van der Waals surface area (Å²) in [4.78, 5) is 69.2. The molecule has 95 heavy (non-hydrogen) atoms. The fraction of sp³-hybridized carbons (Fsp3) is 0.340. The Morgan fingerprint density at radius 1 is 0.526 bits per heavy atom. The number of aliphatic hydroxyl groups is 2. The Labute approximate surface area is 544 Å². The molecule has 5 aromatic carbocycles. The Morgan fingerprint density at radius 2 is 0.937 bits per heavy atom. The fourth-order valence-corrected chi connectivity index (χ4v) is 11.7. The van der Waals surface area contributed by atoms with E-state index in [-0.39, 0.29) is 64.1 Å². The lowest BCUT2D eigenvalue weighted by Gasteiger charge is -2.20. The molecule has 0 fully saturated rings. The fourth-order valence-electron chi connectivity index (χ4n) is 7.21. The lowest BCUT2D eigenvalue weighted by Crippen LogP contribution is -2.27. The zero-order valence-corrected chi connectivity index (χ0v) is 57.0. The van der Waals surface area contributed by atoms with Crippen molar-refractivity contribution in [2.75, 3.05) is 109 Å². The molecule has 11 N–H and O–H groups in total. The van der Waals surface area contributed by atoms with E-state index in [2.05, 4.69) is 6.58 Å². The van der Waals surface area contributed by atoms with Crippen LogP contribution < -0.4 is 58.0 Å². The summed E-state index contributed by atoms with van der Waals surface area (Å²) in [6.45, 7) is 2.35. The first-order chi connectivity index (χ1) is 44.0. The van der Waals surface area contributed by atoms with Crippen molar-refractivity contribution < 1.29 is 168 Å². The summed E-state index contributed by atoms with van der Waals surface area (Å²) in [6, 6.07) is 18.6. The number of ether oxygens (including phenoxy) is 11. The highest BCUT2D eigenvalue weighted by atomic mass is 32.2. The molecule has 2 atom stereocenters. The molecule has 532 valence electrons. The zero-order chi connectivity index (χ0) is 73.0. The largest absolute Gasteiger partial charge is 0.497 e. The molecule has 0 saturated carbocycles. The highest BCUT2D eigenvalue weighted by molar-refractivity contribution is 7.86. The number of benzene rings is 5. The van der Waals surface area contributed by atoms with E-state index < -0.39 is 123 Å². The molecular weight excluding hydrogens is 1400 g/mol. The highest BCUT2D eigenvalue weighted by Crippen LogP contribution is 2.50. The van der Waals surface area contributed by atoms with Crippen LogP contribution in [-0.4, -0.2) is 218 Å². The van der Waals surface area contributed by atoms with Crippen LogP contribution in [-0.2, 0) is 57.8 Å². The third-order valence-electron chi connectivity index (χ3n) is 11.3. The minimum atomic E-state index is -4.79. The maximum atomic E-state index is 12.5. The first-order valence-corrected chi connectivity index (χ1v) is 35.3. The molecule has 5 rings (SSSR count). The lowest BCUT2D eigenvalue weighted by atomic mass is 10.2. The molecule has 2 unspecified atom stereocenters. The molecule has 0 saturated heterocycles. The summed E-state index contributed by atoms with van der Waals surface area (Å²) >= 11 is 0. The predicted octanol–water partition coefficient (Wildman–Crippen LogP) is 3.29. The lowest BCUT2D eigenvalue weighted by molar-refractivity contribution is 0.0520. The number of aromatic carboxylic acids is 2. The summed E-state index contributed by atoms with van der Waals surface area (Å²) in [7, 11) is -13.1. The van der Waals surface area contributed by atoms with E-state index in [4.69, 9.17) is 99.5 Å². The van der Waals surface area contributed by atoms with Crippen LogP contribution in [0.4, 0.5) is 0 Å². The molecule has 5 aromatic rings. The molecule has 0 aromatic heterocycles. The van der Waals surface area contributed by atoms with Gasteiger partial charge in [-0.1, -0.05) is 24.8 Å². The van der Waals surface area contributed by atoms with E-state index in [0.29, 0.717) is 28.6 Å². The first-order valence-electron chi connectivity index (χ1n) is 25.7. The van der Waals surface area contributed by atoms with Gasteiger partial charge in [-0.05, 0) is 60.7 Å². The molecule has 0 aliphatic rings. The van der Waals surface area contributed by atoms with Crippen molar-refractivity contribution in [2.45, 2.75) is 17.1 Å². The van der Waals surface area contributed by atoms with Crippen molar-refractivity contribution in [3.05, 3.63) is 108 Å². The molecule has 0 radical (unpaired) electrons. The quantitative estimate of drug-likeness (QED) is 0.0178. The minimum Gasteiger partial charge on any atom is -0.497 e. The summed E-state index contributed by atoms with van der Waals surface area (Å²) in [5.41, 5.74) is -0.125. The Morgan fingerprint density at radius 3 is 1.33 bits per heavy atom. The normalized spacial score (nSPS) is 12.0. The number of para-hydroxylation sites is 1. The van der Waals surface area contributed by atoms with E-state index in [9.17, 15) is 68.7 Å². The van der Waals surface area contributed by atoms with E-state index >= 15 is 0 Å². The van der Waals surface area contributed by atoms with Crippen LogP contribution in [0.5, 0.6) is 57.5 Å². The molecule has 0 aliphatic heterocycles. The van der Waals surface area contributed by atoms with Gasteiger partial charge in [0.05, 0.1) is 63.0 Å². The van der Waals surface area contributed by atoms with E-state index in [1.807, 2.05) is 0 Å². The number of carbonyl (C=O) groups excluding carboxylic acids is 1.